The van der Waals surface area contributed by atoms with Gasteiger partial charge in [0.1, 0.15) is 0 Å². The quantitative estimate of drug-likeness (QED) is 0.375. The summed E-state index contributed by atoms with van der Waals surface area (Å²) in [6.07, 6.45) is 3.83. The third-order valence-electron chi connectivity index (χ3n) is 3.58. The SMILES string of the molecule is CNC1([SiH3])CCCC1(NC)NC. The molecule has 0 amide bonds. The topological polar surface area (TPSA) is 36.1 Å². The minimum atomic E-state index is 0.133. The van der Waals surface area contributed by atoms with Crippen LogP contribution in [0.5, 0.6) is 0 Å². The molecule has 0 spiro atoms. The minimum Gasteiger partial charge on any atom is -0.315 e. The predicted octanol–water partition coefficient (Wildman–Crippen LogP) is -1.41. The summed E-state index contributed by atoms with van der Waals surface area (Å²) in [6.45, 7) is 0. The standard InChI is InChI=1S/C8H21N3Si/c1-9-7(10-2)5-4-6-8(7,12)11-3/h9-11H,4-6H2,1-3,12H3. The molecular formula is C8H21N3Si. The number of likely N-dealkylation sites (N-methyl/N-ethyl adjacent to an activating group) is 3. The number of nitrogens with one attached hydrogen (secondary N) is 3. The van der Waals surface area contributed by atoms with Gasteiger partial charge in [0.15, 0.2) is 0 Å². The van der Waals surface area contributed by atoms with Gasteiger partial charge in [-0.25, -0.2) is 0 Å². The van der Waals surface area contributed by atoms with Gasteiger partial charge in [-0.05, 0) is 40.4 Å². The van der Waals surface area contributed by atoms with E-state index in [2.05, 4.69) is 23.0 Å². The largest absolute Gasteiger partial charge is 0.315 e. The molecule has 72 valence electrons. The highest BCUT2D eigenvalue weighted by Gasteiger charge is 2.48. The Morgan fingerprint density at radius 3 is 1.92 bits per heavy atom. The Morgan fingerprint density at radius 2 is 1.58 bits per heavy atom. The molecule has 1 aliphatic rings. The van der Waals surface area contributed by atoms with E-state index >= 15 is 0 Å². The molecule has 1 atom stereocenters. The molecule has 3 nitrogen and oxygen atoms in total. The van der Waals surface area contributed by atoms with Crippen LogP contribution < -0.4 is 16.0 Å². The molecule has 0 aromatic rings. The zero-order valence-corrected chi connectivity index (χ0v) is 10.6. The van der Waals surface area contributed by atoms with Crippen LogP contribution in [0.3, 0.4) is 0 Å². The first kappa shape index (κ1) is 10.2. The van der Waals surface area contributed by atoms with Crippen LogP contribution in [-0.2, 0) is 0 Å². The van der Waals surface area contributed by atoms with Crippen molar-refractivity contribution in [3.63, 3.8) is 0 Å². The molecule has 1 rings (SSSR count). The summed E-state index contributed by atoms with van der Waals surface area (Å²) in [5, 5.41) is 10.6. The van der Waals surface area contributed by atoms with Gasteiger partial charge in [-0.3, -0.25) is 0 Å². The van der Waals surface area contributed by atoms with Crippen molar-refractivity contribution in [3.8, 4) is 0 Å². The maximum atomic E-state index is 3.47. The molecule has 0 saturated heterocycles. The van der Waals surface area contributed by atoms with Crippen molar-refractivity contribution in [2.24, 2.45) is 0 Å². The minimum absolute atomic E-state index is 0.133. The molecule has 1 saturated carbocycles. The summed E-state index contributed by atoms with van der Waals surface area (Å²) in [7, 11) is 7.34. The molecule has 3 N–H and O–H groups in total. The van der Waals surface area contributed by atoms with E-state index in [1.165, 1.54) is 29.5 Å². The van der Waals surface area contributed by atoms with E-state index in [9.17, 15) is 0 Å². The average molecular weight is 187 g/mol. The highest BCUT2D eigenvalue weighted by Crippen LogP contribution is 2.34. The summed E-state index contributed by atoms with van der Waals surface area (Å²) in [6, 6.07) is 0. The van der Waals surface area contributed by atoms with Gasteiger partial charge in [-0.1, -0.05) is 0 Å². The van der Waals surface area contributed by atoms with Crippen LogP contribution in [0.4, 0.5) is 0 Å². The second kappa shape index (κ2) is 3.45. The Labute approximate surface area is 78.1 Å². The van der Waals surface area contributed by atoms with Crippen molar-refractivity contribution in [3.05, 3.63) is 0 Å². The maximum Gasteiger partial charge on any atom is 0.0830 e. The lowest BCUT2D eigenvalue weighted by molar-refractivity contribution is 0.216. The lowest BCUT2D eigenvalue weighted by atomic mass is 10.0. The highest BCUT2D eigenvalue weighted by molar-refractivity contribution is 6.16. The van der Waals surface area contributed by atoms with Crippen molar-refractivity contribution >= 4 is 10.2 Å². The van der Waals surface area contributed by atoms with Gasteiger partial charge in [0.05, 0.1) is 5.66 Å². The molecule has 0 heterocycles. The lowest BCUT2D eigenvalue weighted by Crippen LogP contribution is -2.71. The van der Waals surface area contributed by atoms with Crippen molar-refractivity contribution in [1.29, 1.82) is 0 Å². The van der Waals surface area contributed by atoms with Crippen LogP contribution in [0.1, 0.15) is 19.3 Å². The zero-order chi connectivity index (χ0) is 9.24. The fourth-order valence-electron chi connectivity index (χ4n) is 2.46. The smallest absolute Gasteiger partial charge is 0.0830 e. The summed E-state index contributed by atoms with van der Waals surface area (Å²) < 4.78 is 0. The van der Waals surface area contributed by atoms with E-state index in [0.29, 0.717) is 5.16 Å². The van der Waals surface area contributed by atoms with Crippen LogP contribution in [0, 0.1) is 0 Å². The van der Waals surface area contributed by atoms with Gasteiger partial charge in [0.25, 0.3) is 0 Å². The molecule has 0 aliphatic heterocycles. The van der Waals surface area contributed by atoms with Crippen LogP contribution in [0.2, 0.25) is 0 Å². The molecule has 0 aromatic heterocycles. The zero-order valence-electron chi connectivity index (χ0n) is 8.62. The molecule has 0 radical (unpaired) electrons. The summed E-state index contributed by atoms with van der Waals surface area (Å²) in [5.41, 5.74) is 0.133. The van der Waals surface area contributed by atoms with Gasteiger partial charge < -0.3 is 16.0 Å². The Kier molecular flexibility index (Phi) is 2.93. The van der Waals surface area contributed by atoms with E-state index < -0.39 is 0 Å². The highest BCUT2D eigenvalue weighted by atomic mass is 28.1. The van der Waals surface area contributed by atoms with Crippen LogP contribution >= 0.6 is 0 Å². The van der Waals surface area contributed by atoms with Crippen molar-refractivity contribution in [2.45, 2.75) is 30.1 Å². The van der Waals surface area contributed by atoms with Gasteiger partial charge in [-0.15, -0.1) is 0 Å². The molecule has 1 fully saturated rings. The van der Waals surface area contributed by atoms with E-state index in [4.69, 9.17) is 0 Å². The molecule has 12 heavy (non-hydrogen) atoms. The maximum absolute atomic E-state index is 3.47. The number of hydrogen-bond donors (Lipinski definition) is 3. The normalized spacial score (nSPS) is 34.2. The van der Waals surface area contributed by atoms with Crippen LogP contribution in [0.25, 0.3) is 0 Å². The van der Waals surface area contributed by atoms with E-state index in [1.54, 1.807) is 0 Å². The Hall–Kier alpha value is 0.0969. The first-order chi connectivity index (χ1) is 5.64. The lowest BCUT2D eigenvalue weighted by Gasteiger charge is -2.43. The van der Waals surface area contributed by atoms with Gasteiger partial charge in [-0.2, -0.15) is 0 Å². The van der Waals surface area contributed by atoms with E-state index in [1.807, 2.05) is 14.1 Å². The van der Waals surface area contributed by atoms with E-state index in [0.717, 1.165) is 0 Å². The number of rotatable bonds is 3. The molecule has 0 bridgehead atoms. The Morgan fingerprint density at radius 1 is 1.00 bits per heavy atom. The molecule has 1 aliphatic carbocycles. The average Bonchev–Trinajstić information content (AvgIpc) is 2.44. The Bertz CT molecular complexity index is 158. The third kappa shape index (κ3) is 1.23. The summed E-state index contributed by atoms with van der Waals surface area (Å²) in [5.74, 6) is 0. The second-order valence-corrected chi connectivity index (χ2v) is 5.55. The summed E-state index contributed by atoms with van der Waals surface area (Å²) >= 11 is 0. The molecule has 4 heteroatoms. The fourth-order valence-corrected chi connectivity index (χ4v) is 3.57. The first-order valence-electron chi connectivity index (χ1n) is 4.71. The first-order valence-corrected chi connectivity index (χ1v) is 5.71. The molecular weight excluding hydrogens is 166 g/mol. The second-order valence-electron chi connectivity index (χ2n) is 3.84. The summed E-state index contributed by atoms with van der Waals surface area (Å²) in [4.78, 5) is 0. The van der Waals surface area contributed by atoms with Crippen LogP contribution in [0.15, 0.2) is 0 Å². The third-order valence-corrected chi connectivity index (χ3v) is 5.43. The fraction of sp³-hybridized carbons (Fsp3) is 1.00. The van der Waals surface area contributed by atoms with Crippen molar-refractivity contribution in [2.75, 3.05) is 21.1 Å². The van der Waals surface area contributed by atoms with Crippen molar-refractivity contribution in [1.82, 2.24) is 16.0 Å². The van der Waals surface area contributed by atoms with Gasteiger partial charge >= 0.3 is 0 Å². The van der Waals surface area contributed by atoms with Gasteiger partial charge in [0, 0.05) is 15.4 Å². The van der Waals surface area contributed by atoms with E-state index in [-0.39, 0.29) is 5.66 Å². The van der Waals surface area contributed by atoms with Crippen molar-refractivity contribution < 1.29 is 0 Å². The van der Waals surface area contributed by atoms with Gasteiger partial charge in [0.2, 0.25) is 0 Å². The van der Waals surface area contributed by atoms with Crippen LogP contribution in [-0.4, -0.2) is 42.2 Å². The number of hydrogen-bond acceptors (Lipinski definition) is 3. The monoisotopic (exact) mass is 187 g/mol. The Balaban J connectivity index is 2.85. The molecule has 0 aromatic carbocycles. The predicted molar refractivity (Wildman–Crippen MR) is 56.4 cm³/mol. The molecule has 1 unspecified atom stereocenters.